The largest absolute Gasteiger partial charge is 0.412 e. The number of nitrogens with one attached hydrogen (secondary N) is 1. The van der Waals surface area contributed by atoms with Crippen LogP contribution in [0.5, 0.6) is 0 Å². The van der Waals surface area contributed by atoms with E-state index in [1.807, 2.05) is 0 Å². The van der Waals surface area contributed by atoms with Crippen molar-refractivity contribution in [3.05, 3.63) is 0 Å². The van der Waals surface area contributed by atoms with Crippen LogP contribution in [0.1, 0.15) is 19.3 Å². The summed E-state index contributed by atoms with van der Waals surface area (Å²) in [5.41, 5.74) is 0. The number of rotatable bonds is 5. The maximum Gasteiger partial charge on any atom is 0.0431 e. The van der Waals surface area contributed by atoms with Gasteiger partial charge in [0.15, 0.2) is 0 Å². The highest BCUT2D eigenvalue weighted by Gasteiger charge is 1.85. The van der Waals surface area contributed by atoms with Crippen LogP contribution in [0.25, 0.3) is 0 Å². The molecule has 0 radical (unpaired) electrons. The van der Waals surface area contributed by atoms with E-state index in [4.69, 9.17) is 5.11 Å². The minimum absolute atomic E-state index is 0.276. The van der Waals surface area contributed by atoms with Gasteiger partial charge in [0.05, 0.1) is 0 Å². The topological polar surface area (TPSA) is 32.3 Å². The van der Waals surface area contributed by atoms with E-state index in [0.717, 1.165) is 25.8 Å². The molecular weight excluding hydrogens is 166 g/mol. The minimum atomic E-state index is 0.276. The summed E-state index contributed by atoms with van der Waals surface area (Å²) in [5, 5.41) is 11.3. The van der Waals surface area contributed by atoms with E-state index in [1.165, 1.54) is 0 Å². The van der Waals surface area contributed by atoms with Gasteiger partial charge in [0.1, 0.15) is 0 Å². The lowest BCUT2D eigenvalue weighted by Crippen LogP contribution is -2.19. The summed E-state index contributed by atoms with van der Waals surface area (Å²) >= 11 is 9.26. The molecule has 0 aliphatic heterocycles. The Kier molecular flexibility index (Phi) is 7.23. The van der Waals surface area contributed by atoms with Gasteiger partial charge in [0, 0.05) is 13.2 Å². The van der Waals surface area contributed by atoms with Crippen LogP contribution in [0.3, 0.4) is 0 Å². The van der Waals surface area contributed by atoms with Crippen molar-refractivity contribution in [3.8, 4) is 0 Å². The van der Waals surface area contributed by atoms with Gasteiger partial charge in [-0.15, -0.1) is 0 Å². The highest BCUT2D eigenvalue weighted by molar-refractivity contribution is 8.00. The summed E-state index contributed by atoms with van der Waals surface area (Å²) in [6.07, 6.45) is 2.92. The molecule has 0 aromatic rings. The lowest BCUT2D eigenvalue weighted by Gasteiger charge is -2.07. The molecule has 0 atom stereocenters. The third kappa shape index (κ3) is 8.07. The van der Waals surface area contributed by atoms with Gasteiger partial charge in [-0.05, 0) is 19.3 Å². The maximum absolute atomic E-state index is 8.41. The van der Waals surface area contributed by atoms with E-state index in [1.54, 1.807) is 0 Å². The Morgan fingerprint density at radius 2 is 2.10 bits per heavy atom. The van der Waals surface area contributed by atoms with E-state index in [-0.39, 0.29) is 6.61 Å². The number of thiocarbonyl (C=S) groups is 1. The zero-order valence-corrected chi connectivity index (χ0v) is 7.43. The third-order valence-electron chi connectivity index (χ3n) is 1.10. The molecule has 0 aromatic heterocycles. The molecule has 0 aliphatic carbocycles. The van der Waals surface area contributed by atoms with Crippen molar-refractivity contribution < 1.29 is 5.11 Å². The highest BCUT2D eigenvalue weighted by Crippen LogP contribution is 1.91. The van der Waals surface area contributed by atoms with E-state index in [2.05, 4.69) is 30.2 Å². The number of aliphatic hydroxyl groups excluding tert-OH is 1. The van der Waals surface area contributed by atoms with Gasteiger partial charge in [0.25, 0.3) is 0 Å². The van der Waals surface area contributed by atoms with Crippen LogP contribution < -0.4 is 5.32 Å². The molecule has 0 spiro atoms. The molecule has 0 fully saturated rings. The van der Waals surface area contributed by atoms with Gasteiger partial charge in [-0.1, -0.05) is 4.32 Å². The van der Waals surface area contributed by atoms with E-state index in [0.29, 0.717) is 4.32 Å². The fourth-order valence-electron chi connectivity index (χ4n) is 0.604. The summed E-state index contributed by atoms with van der Waals surface area (Å²) in [6.45, 7) is 1.11. The van der Waals surface area contributed by atoms with Crippen LogP contribution in [0.15, 0.2) is 0 Å². The molecule has 2 N–H and O–H groups in total. The van der Waals surface area contributed by atoms with Crippen molar-refractivity contribution in [2.24, 2.45) is 0 Å². The lowest BCUT2D eigenvalue weighted by molar-refractivity contribution is 0.283. The quantitative estimate of drug-likeness (QED) is 0.366. The average molecular weight is 178 g/mol. The first-order chi connectivity index (χ1) is 4.77. The van der Waals surface area contributed by atoms with Gasteiger partial charge in [-0.2, -0.15) is 0 Å². The normalized spacial score (nSPS) is 9.30. The predicted molar refractivity (Wildman–Crippen MR) is 48.9 cm³/mol. The van der Waals surface area contributed by atoms with Crippen LogP contribution in [-0.2, 0) is 12.6 Å². The number of hydrogen-bond donors (Lipinski definition) is 2. The molecule has 2 nitrogen and oxygen atoms in total. The molecule has 0 rings (SSSR count). The highest BCUT2D eigenvalue weighted by atomic mass is 32.1. The van der Waals surface area contributed by atoms with Crippen molar-refractivity contribution in [3.63, 3.8) is 0 Å². The van der Waals surface area contributed by atoms with Crippen molar-refractivity contribution in [2.75, 3.05) is 13.2 Å². The van der Waals surface area contributed by atoms with Crippen LogP contribution in [0.4, 0.5) is 0 Å². The van der Waals surface area contributed by atoms with Gasteiger partial charge >= 0.3 is 0 Å². The van der Waals surface area contributed by atoms with E-state index in [9.17, 15) is 0 Å². The number of hydrogen-bond acceptors (Lipinski definition) is 3. The zero-order chi connectivity index (χ0) is 7.82. The molecule has 0 heterocycles. The van der Waals surface area contributed by atoms with Gasteiger partial charge in [-0.25, -0.2) is 0 Å². The van der Waals surface area contributed by atoms with E-state index < -0.39 is 0 Å². The second-order valence-electron chi connectivity index (χ2n) is 2.00. The molecule has 0 unspecified atom stereocenters. The molecule has 4 heteroatoms. The zero-order valence-electron chi connectivity index (χ0n) is 5.80. The number of unbranched alkanes of at least 4 members (excludes halogenated alkanes) is 2. The second-order valence-corrected chi connectivity index (χ2v) is 3.07. The van der Waals surface area contributed by atoms with Crippen molar-refractivity contribution >= 4 is 29.2 Å². The Bertz CT molecular complexity index is 97.7. The predicted octanol–water partition coefficient (Wildman–Crippen LogP) is 0.570. The first-order valence-corrected chi connectivity index (χ1v) is 4.14. The third-order valence-corrected chi connectivity index (χ3v) is 1.39. The minimum Gasteiger partial charge on any atom is -0.412 e. The monoisotopic (exact) mass is 178 g/mol. The van der Waals surface area contributed by atoms with Crippen molar-refractivity contribution in [1.82, 2.24) is 5.32 Å². The lowest BCUT2D eigenvalue weighted by atomic mass is 10.2. The number of aliphatic hydroxyl groups is 1. The molecule has 60 valence electrons. The molecule has 0 aliphatic rings. The Morgan fingerprint density at radius 1 is 1.40 bits per heavy atom. The molecule has 10 heavy (non-hydrogen) atoms. The van der Waals surface area contributed by atoms with Crippen LogP contribution >= 0.6 is 12.2 Å². The molecular formula is C6H12NOS2-. The summed E-state index contributed by atoms with van der Waals surface area (Å²) in [4.78, 5) is 0. The summed E-state index contributed by atoms with van der Waals surface area (Å²) < 4.78 is 0.434. The van der Waals surface area contributed by atoms with Crippen molar-refractivity contribution in [2.45, 2.75) is 19.3 Å². The summed E-state index contributed by atoms with van der Waals surface area (Å²) in [5.74, 6) is 0. The Hall–Kier alpha value is 0.0700. The van der Waals surface area contributed by atoms with Crippen molar-refractivity contribution in [1.29, 1.82) is 0 Å². The van der Waals surface area contributed by atoms with Gasteiger partial charge < -0.3 is 35.3 Å². The van der Waals surface area contributed by atoms with Gasteiger partial charge in [0.2, 0.25) is 0 Å². The summed E-state index contributed by atoms with van der Waals surface area (Å²) in [7, 11) is 0. The van der Waals surface area contributed by atoms with Crippen LogP contribution in [0.2, 0.25) is 0 Å². The smallest absolute Gasteiger partial charge is 0.0431 e. The standard InChI is InChI=1S/C6H13NOS2/c8-5-3-1-2-4-7-6(9)10/h8H,1-5H2,(H2,7,9,10)/p-1. The van der Waals surface area contributed by atoms with E-state index >= 15 is 0 Å². The Labute approximate surface area is 72.4 Å². The molecule has 0 amide bonds. The summed E-state index contributed by atoms with van der Waals surface area (Å²) in [6, 6.07) is 0. The Morgan fingerprint density at radius 3 is 2.60 bits per heavy atom. The first-order valence-electron chi connectivity index (χ1n) is 3.33. The fraction of sp³-hybridized carbons (Fsp3) is 0.833. The fourth-order valence-corrected chi connectivity index (χ4v) is 0.808. The average Bonchev–Trinajstić information content (AvgIpc) is 1.87. The molecule has 0 saturated heterocycles. The molecule has 0 saturated carbocycles. The Balaban J connectivity index is 2.84. The molecule has 0 aromatic carbocycles. The van der Waals surface area contributed by atoms with Gasteiger partial charge in [-0.3, -0.25) is 0 Å². The first kappa shape index (κ1) is 10.1. The van der Waals surface area contributed by atoms with Crippen LogP contribution in [0, 0.1) is 0 Å². The second kappa shape index (κ2) is 7.18. The SMILES string of the molecule is OCCCCCNC(=S)[S-]. The maximum atomic E-state index is 8.41. The van der Waals surface area contributed by atoms with Crippen LogP contribution in [-0.4, -0.2) is 22.6 Å². The molecule has 0 bridgehead atoms.